The van der Waals surface area contributed by atoms with Crippen LogP contribution in [-0.2, 0) is 0 Å². The zero-order chi connectivity index (χ0) is 11.4. The molecule has 0 heterocycles. The Morgan fingerprint density at radius 1 is 1.00 bits per heavy atom. The summed E-state index contributed by atoms with van der Waals surface area (Å²) < 4.78 is 0. The number of para-hydroxylation sites is 1. The molecule has 0 aromatic heterocycles. The number of rotatable bonds is 2. The number of halogens is 1. The molecule has 0 unspecified atom stereocenters. The monoisotopic (exact) mass is 228 g/mol. The van der Waals surface area contributed by atoms with Gasteiger partial charge in [0.05, 0.1) is 22.3 Å². The van der Waals surface area contributed by atoms with E-state index in [1.54, 1.807) is 12.1 Å². The Balaban J connectivity index is 2.22. The number of benzene rings is 2. The van der Waals surface area contributed by atoms with Crippen LogP contribution < -0.4 is 5.32 Å². The van der Waals surface area contributed by atoms with E-state index in [0.717, 1.165) is 11.4 Å². The molecule has 78 valence electrons. The molecule has 1 N–H and O–H groups in total. The lowest BCUT2D eigenvalue weighted by Gasteiger charge is -2.07. The topological polar surface area (TPSA) is 35.8 Å². The Kier molecular flexibility index (Phi) is 3.09. The van der Waals surface area contributed by atoms with Crippen molar-refractivity contribution in [2.75, 3.05) is 5.32 Å². The van der Waals surface area contributed by atoms with Gasteiger partial charge in [-0.25, -0.2) is 0 Å². The number of nitrogens with one attached hydrogen (secondary N) is 1. The first-order valence-electron chi connectivity index (χ1n) is 4.81. The molecule has 2 rings (SSSR count). The molecule has 3 heteroatoms. The second kappa shape index (κ2) is 4.69. The molecule has 0 saturated carbocycles. The minimum Gasteiger partial charge on any atom is -0.354 e. The molecule has 0 atom stereocenters. The van der Waals surface area contributed by atoms with E-state index in [1.807, 2.05) is 36.4 Å². The first kappa shape index (κ1) is 10.5. The van der Waals surface area contributed by atoms with Gasteiger partial charge in [0.15, 0.2) is 0 Å². The maximum atomic E-state index is 8.67. The third kappa shape index (κ3) is 2.33. The van der Waals surface area contributed by atoms with Gasteiger partial charge in [0.2, 0.25) is 0 Å². The minimum absolute atomic E-state index is 0.643. The predicted octanol–water partition coefficient (Wildman–Crippen LogP) is 3.96. The molecule has 0 radical (unpaired) electrons. The van der Waals surface area contributed by atoms with E-state index in [4.69, 9.17) is 16.9 Å². The Labute approximate surface area is 99.1 Å². The lowest BCUT2D eigenvalue weighted by atomic mass is 10.2. The molecular formula is C13H9ClN2. The summed E-state index contributed by atoms with van der Waals surface area (Å²) in [6.07, 6.45) is 0. The largest absolute Gasteiger partial charge is 0.354 e. The maximum Gasteiger partial charge on any atom is 0.0991 e. The van der Waals surface area contributed by atoms with Crippen molar-refractivity contribution in [2.45, 2.75) is 0 Å². The van der Waals surface area contributed by atoms with Gasteiger partial charge < -0.3 is 5.32 Å². The van der Waals surface area contributed by atoms with Crippen LogP contribution in [0.5, 0.6) is 0 Å². The van der Waals surface area contributed by atoms with Crippen molar-refractivity contribution in [3.05, 3.63) is 59.1 Å². The summed E-state index contributed by atoms with van der Waals surface area (Å²) in [5.74, 6) is 0. The van der Waals surface area contributed by atoms with Crippen LogP contribution in [0.25, 0.3) is 0 Å². The average molecular weight is 229 g/mol. The minimum atomic E-state index is 0.643. The summed E-state index contributed by atoms with van der Waals surface area (Å²) in [5, 5.41) is 12.5. The number of anilines is 2. The molecule has 0 spiro atoms. The lowest BCUT2D eigenvalue weighted by Crippen LogP contribution is -1.90. The van der Waals surface area contributed by atoms with Gasteiger partial charge in [0.1, 0.15) is 0 Å². The predicted molar refractivity (Wildman–Crippen MR) is 65.9 cm³/mol. The standard InChI is InChI=1S/C13H9ClN2/c14-12-3-1-2-4-13(12)16-11-7-5-10(9-15)6-8-11/h1-8,16H. The van der Waals surface area contributed by atoms with Crippen molar-refractivity contribution < 1.29 is 0 Å². The fraction of sp³-hybridized carbons (Fsp3) is 0. The zero-order valence-electron chi connectivity index (χ0n) is 8.44. The average Bonchev–Trinajstić information content (AvgIpc) is 2.33. The van der Waals surface area contributed by atoms with Gasteiger partial charge in [-0.05, 0) is 36.4 Å². The van der Waals surface area contributed by atoms with Crippen molar-refractivity contribution in [3.8, 4) is 6.07 Å². The highest BCUT2D eigenvalue weighted by atomic mass is 35.5. The molecule has 16 heavy (non-hydrogen) atoms. The van der Waals surface area contributed by atoms with E-state index >= 15 is 0 Å². The number of nitriles is 1. The summed E-state index contributed by atoms with van der Waals surface area (Å²) in [4.78, 5) is 0. The summed E-state index contributed by atoms with van der Waals surface area (Å²) in [6, 6.07) is 16.8. The molecule has 0 aliphatic heterocycles. The SMILES string of the molecule is N#Cc1ccc(Nc2ccccc2Cl)cc1. The normalized spacial score (nSPS) is 9.50. The lowest BCUT2D eigenvalue weighted by molar-refractivity contribution is 1.47. The molecule has 0 fully saturated rings. The highest BCUT2D eigenvalue weighted by Gasteiger charge is 1.99. The number of nitrogens with zero attached hydrogens (tertiary/aromatic N) is 1. The van der Waals surface area contributed by atoms with Crippen molar-refractivity contribution in [2.24, 2.45) is 0 Å². The van der Waals surface area contributed by atoms with Crippen LogP contribution in [0.3, 0.4) is 0 Å². The van der Waals surface area contributed by atoms with Crippen LogP contribution in [0.15, 0.2) is 48.5 Å². The molecule has 0 saturated heterocycles. The number of hydrogen-bond acceptors (Lipinski definition) is 2. The van der Waals surface area contributed by atoms with Crippen molar-refractivity contribution in [1.82, 2.24) is 0 Å². The highest BCUT2D eigenvalue weighted by Crippen LogP contribution is 2.24. The third-order valence-electron chi connectivity index (χ3n) is 2.17. The summed E-state index contributed by atoms with van der Waals surface area (Å²) in [5.41, 5.74) is 2.41. The van der Waals surface area contributed by atoms with E-state index < -0.39 is 0 Å². The van der Waals surface area contributed by atoms with Gasteiger partial charge in [-0.1, -0.05) is 23.7 Å². The molecule has 2 aromatic carbocycles. The van der Waals surface area contributed by atoms with E-state index in [1.165, 1.54) is 0 Å². The molecule has 0 bridgehead atoms. The van der Waals surface area contributed by atoms with Crippen molar-refractivity contribution in [1.29, 1.82) is 5.26 Å². The summed E-state index contributed by atoms with van der Waals surface area (Å²) in [7, 11) is 0. The smallest absolute Gasteiger partial charge is 0.0991 e. The highest BCUT2D eigenvalue weighted by molar-refractivity contribution is 6.33. The van der Waals surface area contributed by atoms with Crippen LogP contribution in [0.1, 0.15) is 5.56 Å². The first-order chi connectivity index (χ1) is 7.79. The Hall–Kier alpha value is -1.98. The van der Waals surface area contributed by atoms with Gasteiger partial charge in [-0.2, -0.15) is 5.26 Å². The van der Waals surface area contributed by atoms with Gasteiger partial charge >= 0.3 is 0 Å². The van der Waals surface area contributed by atoms with E-state index in [0.29, 0.717) is 10.6 Å². The summed E-state index contributed by atoms with van der Waals surface area (Å²) >= 11 is 6.02. The van der Waals surface area contributed by atoms with Crippen LogP contribution in [0, 0.1) is 11.3 Å². The van der Waals surface area contributed by atoms with Gasteiger partial charge in [0, 0.05) is 5.69 Å². The molecular weight excluding hydrogens is 220 g/mol. The third-order valence-corrected chi connectivity index (χ3v) is 2.50. The van der Waals surface area contributed by atoms with Gasteiger partial charge in [-0.15, -0.1) is 0 Å². The quantitative estimate of drug-likeness (QED) is 0.845. The first-order valence-corrected chi connectivity index (χ1v) is 5.19. The summed E-state index contributed by atoms with van der Waals surface area (Å²) in [6.45, 7) is 0. The molecule has 2 aromatic rings. The second-order valence-electron chi connectivity index (χ2n) is 3.29. The Bertz CT molecular complexity index is 526. The van der Waals surface area contributed by atoms with Crippen LogP contribution in [-0.4, -0.2) is 0 Å². The number of hydrogen-bond donors (Lipinski definition) is 1. The fourth-order valence-electron chi connectivity index (χ4n) is 1.35. The Morgan fingerprint density at radius 2 is 1.69 bits per heavy atom. The maximum absolute atomic E-state index is 8.67. The molecule has 2 nitrogen and oxygen atoms in total. The van der Waals surface area contributed by atoms with E-state index in [-0.39, 0.29) is 0 Å². The van der Waals surface area contributed by atoms with Crippen molar-refractivity contribution >= 4 is 23.0 Å². The van der Waals surface area contributed by atoms with Crippen molar-refractivity contribution in [3.63, 3.8) is 0 Å². The van der Waals surface area contributed by atoms with Crippen LogP contribution in [0.4, 0.5) is 11.4 Å². The second-order valence-corrected chi connectivity index (χ2v) is 3.70. The van der Waals surface area contributed by atoms with E-state index in [2.05, 4.69) is 11.4 Å². The molecule has 0 aliphatic rings. The van der Waals surface area contributed by atoms with Crippen LogP contribution >= 0.6 is 11.6 Å². The molecule has 0 amide bonds. The Morgan fingerprint density at radius 3 is 2.31 bits per heavy atom. The van der Waals surface area contributed by atoms with E-state index in [9.17, 15) is 0 Å². The van der Waals surface area contributed by atoms with Crippen LogP contribution in [0.2, 0.25) is 5.02 Å². The van der Waals surface area contributed by atoms with Gasteiger partial charge in [-0.3, -0.25) is 0 Å². The van der Waals surface area contributed by atoms with Gasteiger partial charge in [0.25, 0.3) is 0 Å². The fourth-order valence-corrected chi connectivity index (χ4v) is 1.53. The zero-order valence-corrected chi connectivity index (χ0v) is 9.20. The molecule has 0 aliphatic carbocycles.